The summed E-state index contributed by atoms with van der Waals surface area (Å²) >= 11 is 6.74. The van der Waals surface area contributed by atoms with Gasteiger partial charge in [0.05, 0.1) is 24.3 Å². The van der Waals surface area contributed by atoms with Crippen LogP contribution in [0, 0.1) is 4.77 Å². The summed E-state index contributed by atoms with van der Waals surface area (Å²) in [6.07, 6.45) is 1.85. The van der Waals surface area contributed by atoms with Gasteiger partial charge < -0.3 is 14.2 Å². The molecule has 18 heavy (non-hydrogen) atoms. The molecule has 3 rings (SSSR count). The molecule has 3 heterocycles. The van der Waals surface area contributed by atoms with Gasteiger partial charge in [-0.2, -0.15) is 5.10 Å². The van der Waals surface area contributed by atoms with E-state index in [9.17, 15) is 0 Å². The Kier molecular flexibility index (Phi) is 3.14. The van der Waals surface area contributed by atoms with Gasteiger partial charge in [-0.25, -0.2) is 4.98 Å². The van der Waals surface area contributed by atoms with Crippen molar-refractivity contribution in [1.82, 2.24) is 19.7 Å². The van der Waals surface area contributed by atoms with Gasteiger partial charge in [-0.05, 0) is 12.2 Å². The average molecular weight is 283 g/mol. The fraction of sp³-hybridized carbons (Fsp3) is 0.500. The first-order chi connectivity index (χ1) is 8.75. The number of hydrogen-bond donors (Lipinski definition) is 1. The number of nitrogens with one attached hydrogen (secondary N) is 1. The summed E-state index contributed by atoms with van der Waals surface area (Å²) < 4.78 is 7.81. The monoisotopic (exact) mass is 283 g/mol. The van der Waals surface area contributed by atoms with E-state index in [4.69, 9.17) is 17.0 Å². The molecule has 0 aromatic carbocycles. The normalized spacial score (nSPS) is 16.2. The number of aromatic amines is 1. The molecule has 8 heteroatoms. The number of rotatable bonds is 2. The Hall–Kier alpha value is -1.25. The maximum Gasteiger partial charge on any atom is 0.195 e. The molecule has 1 aliphatic heterocycles. The van der Waals surface area contributed by atoms with Gasteiger partial charge in [0.25, 0.3) is 0 Å². The van der Waals surface area contributed by atoms with Crippen LogP contribution in [0.5, 0.6) is 0 Å². The third-order valence-corrected chi connectivity index (χ3v) is 4.29. The van der Waals surface area contributed by atoms with Crippen LogP contribution in [0.25, 0.3) is 10.7 Å². The zero-order valence-corrected chi connectivity index (χ0v) is 11.6. The Balaban J connectivity index is 1.89. The van der Waals surface area contributed by atoms with Crippen molar-refractivity contribution in [2.45, 2.75) is 0 Å². The van der Waals surface area contributed by atoms with E-state index in [2.05, 4.69) is 20.1 Å². The Labute approximate surface area is 113 Å². The molecule has 2 aromatic heterocycles. The minimum Gasteiger partial charge on any atom is -0.378 e. The highest BCUT2D eigenvalue weighted by molar-refractivity contribution is 7.71. The first-order valence-corrected chi connectivity index (χ1v) is 6.88. The molecule has 0 radical (unpaired) electrons. The summed E-state index contributed by atoms with van der Waals surface area (Å²) in [6, 6.07) is 0. The molecule has 2 aromatic rings. The lowest BCUT2D eigenvalue weighted by atomic mass is 10.5. The number of nitrogens with zero attached hydrogens (tertiary/aromatic N) is 4. The molecule has 6 nitrogen and oxygen atoms in total. The summed E-state index contributed by atoms with van der Waals surface area (Å²) in [4.78, 5) is 7.71. The van der Waals surface area contributed by atoms with Crippen LogP contribution in [0.3, 0.4) is 0 Å². The second-order valence-corrected chi connectivity index (χ2v) is 5.41. The summed E-state index contributed by atoms with van der Waals surface area (Å²) in [5, 5.41) is 8.02. The lowest BCUT2D eigenvalue weighted by Gasteiger charge is -2.25. The van der Waals surface area contributed by atoms with Crippen LogP contribution in [0.15, 0.2) is 6.20 Å². The molecule has 0 spiro atoms. The van der Waals surface area contributed by atoms with Gasteiger partial charge in [-0.15, -0.1) is 0 Å². The van der Waals surface area contributed by atoms with Gasteiger partial charge in [0.1, 0.15) is 0 Å². The van der Waals surface area contributed by atoms with Crippen LogP contribution in [0.2, 0.25) is 0 Å². The third-order valence-electron chi connectivity index (χ3n) is 2.88. The first kappa shape index (κ1) is 11.8. The van der Waals surface area contributed by atoms with Crippen molar-refractivity contribution in [3.05, 3.63) is 11.0 Å². The molecule has 0 unspecified atom stereocenters. The van der Waals surface area contributed by atoms with Crippen LogP contribution >= 0.6 is 23.6 Å². The summed E-state index contributed by atoms with van der Waals surface area (Å²) in [6.45, 7) is 3.32. The van der Waals surface area contributed by atoms with E-state index >= 15 is 0 Å². The molecular weight excluding hydrogens is 270 g/mol. The van der Waals surface area contributed by atoms with E-state index in [1.54, 1.807) is 11.3 Å². The second kappa shape index (κ2) is 4.79. The van der Waals surface area contributed by atoms with Crippen molar-refractivity contribution < 1.29 is 4.74 Å². The van der Waals surface area contributed by atoms with E-state index in [0.717, 1.165) is 42.1 Å². The summed E-state index contributed by atoms with van der Waals surface area (Å²) in [5.41, 5.74) is 0. The van der Waals surface area contributed by atoms with Crippen LogP contribution in [0.4, 0.5) is 5.13 Å². The molecule has 0 amide bonds. The van der Waals surface area contributed by atoms with Crippen molar-refractivity contribution in [3.8, 4) is 10.7 Å². The van der Waals surface area contributed by atoms with Crippen molar-refractivity contribution in [2.75, 3.05) is 31.2 Å². The average Bonchev–Trinajstić information content (AvgIpc) is 3.00. The number of hydrogen-bond acceptors (Lipinski definition) is 6. The van der Waals surface area contributed by atoms with Gasteiger partial charge in [0, 0.05) is 20.1 Å². The topological polar surface area (TPSA) is 59.0 Å². The molecule has 0 aliphatic carbocycles. The van der Waals surface area contributed by atoms with Crippen molar-refractivity contribution in [3.63, 3.8) is 0 Å². The van der Waals surface area contributed by atoms with E-state index in [-0.39, 0.29) is 0 Å². The van der Waals surface area contributed by atoms with Crippen LogP contribution in [-0.4, -0.2) is 46.1 Å². The Morgan fingerprint density at radius 2 is 2.22 bits per heavy atom. The van der Waals surface area contributed by atoms with Gasteiger partial charge in [-0.1, -0.05) is 11.3 Å². The van der Waals surface area contributed by atoms with E-state index in [1.807, 2.05) is 17.8 Å². The molecule has 1 fully saturated rings. The van der Waals surface area contributed by atoms with Gasteiger partial charge >= 0.3 is 0 Å². The van der Waals surface area contributed by atoms with Gasteiger partial charge in [0.2, 0.25) is 0 Å². The maximum absolute atomic E-state index is 5.34. The number of thiazole rings is 1. The van der Waals surface area contributed by atoms with E-state index < -0.39 is 0 Å². The molecular formula is C10H13N5OS2. The molecule has 0 atom stereocenters. The summed E-state index contributed by atoms with van der Waals surface area (Å²) in [5.74, 6) is 0.831. The van der Waals surface area contributed by atoms with Crippen molar-refractivity contribution >= 4 is 28.7 Å². The molecule has 1 aliphatic rings. The molecule has 1 saturated heterocycles. The molecule has 0 saturated carbocycles. The van der Waals surface area contributed by atoms with Crippen LogP contribution in [-0.2, 0) is 11.8 Å². The highest BCUT2D eigenvalue weighted by Gasteiger charge is 2.16. The molecule has 96 valence electrons. The van der Waals surface area contributed by atoms with Crippen LogP contribution in [0.1, 0.15) is 0 Å². The molecule has 0 bridgehead atoms. The van der Waals surface area contributed by atoms with Crippen LogP contribution < -0.4 is 4.90 Å². The second-order valence-electron chi connectivity index (χ2n) is 4.02. The Bertz CT molecular complexity index is 595. The standard InChI is InChI=1S/C10H13N5OS2/c1-14-8(12-13-9(14)17)7-6-11-10(18-7)15-2-4-16-5-3-15/h6H,2-5H2,1H3,(H,13,17). The Morgan fingerprint density at radius 3 is 2.89 bits per heavy atom. The number of H-pyrrole nitrogens is 1. The largest absolute Gasteiger partial charge is 0.378 e. The van der Waals surface area contributed by atoms with Crippen molar-refractivity contribution in [2.24, 2.45) is 7.05 Å². The predicted octanol–water partition coefficient (Wildman–Crippen LogP) is 1.44. The lowest BCUT2D eigenvalue weighted by Crippen LogP contribution is -2.36. The zero-order chi connectivity index (χ0) is 12.5. The predicted molar refractivity (Wildman–Crippen MR) is 72.5 cm³/mol. The third kappa shape index (κ3) is 2.06. The quantitative estimate of drug-likeness (QED) is 0.845. The molecule has 1 N–H and O–H groups in total. The van der Waals surface area contributed by atoms with E-state index in [0.29, 0.717) is 4.77 Å². The fourth-order valence-electron chi connectivity index (χ4n) is 1.84. The lowest BCUT2D eigenvalue weighted by molar-refractivity contribution is 0.122. The SMILES string of the molecule is Cn1c(-c2cnc(N3CCOCC3)s2)n[nH]c1=S. The zero-order valence-electron chi connectivity index (χ0n) is 9.92. The smallest absolute Gasteiger partial charge is 0.195 e. The Morgan fingerprint density at radius 1 is 1.44 bits per heavy atom. The van der Waals surface area contributed by atoms with Gasteiger partial charge in [-0.3, -0.25) is 5.10 Å². The number of ether oxygens (including phenoxy) is 1. The highest BCUT2D eigenvalue weighted by Crippen LogP contribution is 2.29. The number of morpholine rings is 1. The fourth-order valence-corrected chi connectivity index (χ4v) is 2.96. The first-order valence-electron chi connectivity index (χ1n) is 5.66. The minimum absolute atomic E-state index is 0.617. The van der Waals surface area contributed by atoms with Gasteiger partial charge in [0.15, 0.2) is 15.7 Å². The number of anilines is 1. The maximum atomic E-state index is 5.34. The summed E-state index contributed by atoms with van der Waals surface area (Å²) in [7, 11) is 1.90. The minimum atomic E-state index is 0.617. The van der Waals surface area contributed by atoms with E-state index in [1.165, 1.54) is 0 Å². The number of aromatic nitrogens is 4. The highest BCUT2D eigenvalue weighted by atomic mass is 32.1. The van der Waals surface area contributed by atoms with Crippen molar-refractivity contribution in [1.29, 1.82) is 0 Å².